The molecule has 1 aliphatic rings. The zero-order chi connectivity index (χ0) is 27.9. The summed E-state index contributed by atoms with van der Waals surface area (Å²) in [5.41, 5.74) is 4.46. The van der Waals surface area contributed by atoms with E-state index in [1.165, 1.54) is 0 Å². The zero-order valence-corrected chi connectivity index (χ0v) is 24.0. The lowest BCUT2D eigenvalue weighted by molar-refractivity contribution is -0.134. The molecule has 1 aliphatic carbocycles. The number of benzene rings is 4. The second-order valence-corrected chi connectivity index (χ2v) is 10.7. The Hall–Kier alpha value is -3.02. The molecule has 0 amide bonds. The second kappa shape index (κ2) is 10.9. The number of hydrogen-bond donors (Lipinski definition) is 0. The van der Waals surface area contributed by atoms with Crippen molar-refractivity contribution in [3.05, 3.63) is 115 Å². The molecule has 0 saturated carbocycles. The highest BCUT2D eigenvalue weighted by molar-refractivity contribution is 6.38. The van der Waals surface area contributed by atoms with E-state index in [1.807, 2.05) is 36.4 Å². The molecule has 0 radical (unpaired) electrons. The average molecular weight is 600 g/mol. The van der Waals surface area contributed by atoms with Gasteiger partial charge in [-0.05, 0) is 57.6 Å². The van der Waals surface area contributed by atoms with Crippen LogP contribution < -0.4 is 9.47 Å². The summed E-state index contributed by atoms with van der Waals surface area (Å²) in [5, 5.41) is 0.745. The van der Waals surface area contributed by atoms with Crippen LogP contribution in [-0.2, 0) is 15.0 Å². The van der Waals surface area contributed by atoms with Gasteiger partial charge in [-0.3, -0.25) is 9.59 Å². The van der Waals surface area contributed by atoms with Gasteiger partial charge in [0.05, 0.1) is 25.5 Å². The van der Waals surface area contributed by atoms with Crippen molar-refractivity contribution in [1.29, 1.82) is 0 Å². The molecule has 8 heteroatoms. The van der Waals surface area contributed by atoms with Crippen LogP contribution in [0, 0.1) is 0 Å². The van der Waals surface area contributed by atoms with Crippen LogP contribution in [0.15, 0.2) is 72.8 Å². The lowest BCUT2D eigenvalue weighted by Gasteiger charge is -2.34. The minimum atomic E-state index is -0.950. The molecule has 0 heterocycles. The Morgan fingerprint density at radius 1 is 0.615 bits per heavy atom. The van der Waals surface area contributed by atoms with Crippen LogP contribution in [0.3, 0.4) is 0 Å². The number of halogens is 4. The average Bonchev–Trinajstić information content (AvgIpc) is 3.23. The van der Waals surface area contributed by atoms with Crippen molar-refractivity contribution in [2.45, 2.75) is 32.1 Å². The molecular weight excluding hydrogens is 578 g/mol. The molecule has 5 rings (SSSR count). The van der Waals surface area contributed by atoms with E-state index in [2.05, 4.69) is 12.1 Å². The normalized spacial score (nSPS) is 13.0. The second-order valence-electron chi connectivity index (χ2n) is 9.03. The van der Waals surface area contributed by atoms with Gasteiger partial charge in [0.2, 0.25) is 0 Å². The third kappa shape index (κ3) is 4.60. The Kier molecular flexibility index (Phi) is 7.67. The first-order chi connectivity index (χ1) is 18.7. The maximum Gasteiger partial charge on any atom is 0.310 e. The maximum absolute atomic E-state index is 12.0. The van der Waals surface area contributed by atoms with Crippen molar-refractivity contribution in [3.63, 3.8) is 0 Å². The predicted octanol–water partition coefficient (Wildman–Crippen LogP) is 9.29. The fourth-order valence-electron chi connectivity index (χ4n) is 5.14. The highest BCUT2D eigenvalue weighted by Crippen LogP contribution is 2.58. The van der Waals surface area contributed by atoms with Crippen molar-refractivity contribution in [3.8, 4) is 22.6 Å². The number of rotatable bonds is 6. The minimum absolute atomic E-state index is 0.0986. The van der Waals surface area contributed by atoms with Gasteiger partial charge in [0, 0.05) is 12.8 Å². The third-order valence-corrected chi connectivity index (χ3v) is 7.95. The molecule has 0 atom stereocenters. The first-order valence-electron chi connectivity index (χ1n) is 12.3. The van der Waals surface area contributed by atoms with E-state index in [0.29, 0.717) is 0 Å². The maximum atomic E-state index is 12.0. The molecule has 0 bridgehead atoms. The van der Waals surface area contributed by atoms with Crippen LogP contribution in [0.4, 0.5) is 0 Å². The van der Waals surface area contributed by atoms with Crippen molar-refractivity contribution < 1.29 is 19.1 Å². The van der Waals surface area contributed by atoms with Crippen LogP contribution in [0.1, 0.15) is 48.9 Å². The lowest BCUT2D eigenvalue weighted by atomic mass is 9.67. The third-order valence-electron chi connectivity index (χ3n) is 6.82. The standard InChI is InChI=1S/C31H22Cl4O4/c1-3-27(36)38-29-23(32)13-17(14-24(29)33)31(18-15-25(34)30(26(35)16-18)39-28(37)4-2)21-11-7-5-9-19(21)20-10-6-8-12-22(20)31/h5-16H,3-4H2,1-2H3. The number of carbonyl (C=O) groups is 2. The molecule has 4 nitrogen and oxygen atoms in total. The molecular formula is C31H22Cl4O4. The van der Waals surface area contributed by atoms with Crippen LogP contribution in [0.25, 0.3) is 11.1 Å². The molecule has 4 aromatic carbocycles. The van der Waals surface area contributed by atoms with Gasteiger partial charge in [-0.15, -0.1) is 0 Å². The molecule has 0 N–H and O–H groups in total. The van der Waals surface area contributed by atoms with Crippen LogP contribution in [0.2, 0.25) is 20.1 Å². The molecule has 0 saturated heterocycles. The van der Waals surface area contributed by atoms with Crippen molar-refractivity contribution in [1.82, 2.24) is 0 Å². The van der Waals surface area contributed by atoms with Gasteiger partial charge in [0.1, 0.15) is 0 Å². The van der Waals surface area contributed by atoms with Gasteiger partial charge in [-0.2, -0.15) is 0 Å². The molecule has 0 aromatic heterocycles. The Bertz CT molecular complexity index is 1460. The van der Waals surface area contributed by atoms with Gasteiger partial charge in [0.25, 0.3) is 0 Å². The van der Waals surface area contributed by atoms with Crippen molar-refractivity contribution in [2.75, 3.05) is 0 Å². The number of fused-ring (bicyclic) bond motifs is 3. The fourth-order valence-corrected chi connectivity index (χ4v) is 6.27. The summed E-state index contributed by atoms with van der Waals surface area (Å²) in [6.45, 7) is 3.38. The summed E-state index contributed by atoms with van der Waals surface area (Å²) in [7, 11) is 0. The summed E-state index contributed by atoms with van der Waals surface area (Å²) in [4.78, 5) is 24.1. The van der Waals surface area contributed by atoms with Gasteiger partial charge < -0.3 is 9.47 Å². The Morgan fingerprint density at radius 2 is 0.949 bits per heavy atom. The SMILES string of the molecule is CCC(=O)Oc1c(Cl)cc(C2(c3cc(Cl)c(OC(=O)CC)c(Cl)c3)c3ccccc3-c3ccccc32)cc1Cl. The number of ether oxygens (including phenoxy) is 2. The first-order valence-corrected chi connectivity index (χ1v) is 13.8. The van der Waals surface area contributed by atoms with Crippen LogP contribution in [-0.4, -0.2) is 11.9 Å². The van der Waals surface area contributed by atoms with E-state index in [-0.39, 0.29) is 44.4 Å². The Morgan fingerprint density at radius 3 is 1.28 bits per heavy atom. The van der Waals surface area contributed by atoms with Gasteiger partial charge in [0.15, 0.2) is 11.5 Å². The molecule has 198 valence electrons. The van der Waals surface area contributed by atoms with E-state index < -0.39 is 17.4 Å². The zero-order valence-electron chi connectivity index (χ0n) is 21.0. The van der Waals surface area contributed by atoms with E-state index in [9.17, 15) is 9.59 Å². The van der Waals surface area contributed by atoms with E-state index in [0.717, 1.165) is 33.4 Å². The molecule has 0 aliphatic heterocycles. The minimum Gasteiger partial charge on any atom is -0.423 e. The molecule has 0 spiro atoms. The molecule has 0 fully saturated rings. The fraction of sp³-hybridized carbons (Fsp3) is 0.161. The number of esters is 2. The number of carbonyl (C=O) groups excluding carboxylic acids is 2. The van der Waals surface area contributed by atoms with Crippen LogP contribution >= 0.6 is 46.4 Å². The Labute approximate surface area is 246 Å². The van der Waals surface area contributed by atoms with Gasteiger partial charge >= 0.3 is 11.9 Å². The number of hydrogen-bond acceptors (Lipinski definition) is 4. The first kappa shape index (κ1) is 27.5. The summed E-state index contributed by atoms with van der Waals surface area (Å²) in [6, 6.07) is 23.0. The quantitative estimate of drug-likeness (QED) is 0.144. The summed E-state index contributed by atoms with van der Waals surface area (Å²) in [6.07, 6.45) is 0.343. The van der Waals surface area contributed by atoms with Crippen LogP contribution in [0.5, 0.6) is 11.5 Å². The Balaban J connectivity index is 1.84. The van der Waals surface area contributed by atoms with Crippen molar-refractivity contribution in [2.24, 2.45) is 0 Å². The van der Waals surface area contributed by atoms with E-state index >= 15 is 0 Å². The lowest BCUT2D eigenvalue weighted by Crippen LogP contribution is -2.29. The largest absolute Gasteiger partial charge is 0.423 e. The summed E-state index contributed by atoms with van der Waals surface area (Å²) < 4.78 is 10.9. The topological polar surface area (TPSA) is 52.6 Å². The summed E-state index contributed by atoms with van der Waals surface area (Å²) in [5.74, 6) is -0.703. The monoisotopic (exact) mass is 598 g/mol. The van der Waals surface area contributed by atoms with Crippen molar-refractivity contribution >= 4 is 58.3 Å². The van der Waals surface area contributed by atoms with E-state index in [4.69, 9.17) is 55.9 Å². The predicted molar refractivity (Wildman–Crippen MR) is 156 cm³/mol. The highest BCUT2D eigenvalue weighted by atomic mass is 35.5. The highest BCUT2D eigenvalue weighted by Gasteiger charge is 2.47. The van der Waals surface area contributed by atoms with E-state index in [1.54, 1.807) is 38.1 Å². The molecule has 39 heavy (non-hydrogen) atoms. The van der Waals surface area contributed by atoms with Gasteiger partial charge in [-0.1, -0.05) is 109 Å². The smallest absolute Gasteiger partial charge is 0.310 e. The molecule has 0 unspecified atom stereocenters. The molecule has 4 aromatic rings. The summed E-state index contributed by atoms with van der Waals surface area (Å²) >= 11 is 26.8. The van der Waals surface area contributed by atoms with Gasteiger partial charge in [-0.25, -0.2) is 0 Å².